The molecule has 90 valence electrons. The van der Waals surface area contributed by atoms with E-state index >= 15 is 0 Å². The summed E-state index contributed by atoms with van der Waals surface area (Å²) in [5, 5.41) is 4.33. The third-order valence-electron chi connectivity index (χ3n) is 2.39. The van der Waals surface area contributed by atoms with Gasteiger partial charge in [-0.2, -0.15) is 4.98 Å². The second-order valence-corrected chi connectivity index (χ2v) is 4.05. The van der Waals surface area contributed by atoms with Crippen LogP contribution < -0.4 is 5.73 Å². The molecule has 2 heterocycles. The molecule has 2 N–H and O–H groups in total. The van der Waals surface area contributed by atoms with Gasteiger partial charge < -0.3 is 14.7 Å². The molecule has 0 fully saturated rings. The van der Waals surface area contributed by atoms with Crippen molar-refractivity contribution in [2.45, 2.75) is 0 Å². The summed E-state index contributed by atoms with van der Waals surface area (Å²) >= 11 is 6.06. The van der Waals surface area contributed by atoms with Crippen molar-refractivity contribution in [3.8, 4) is 23.0 Å². The van der Waals surface area contributed by atoms with Gasteiger partial charge in [-0.15, -0.1) is 0 Å². The first-order valence-electron chi connectivity index (χ1n) is 5.17. The van der Waals surface area contributed by atoms with E-state index in [4.69, 9.17) is 26.3 Å². The van der Waals surface area contributed by atoms with Gasteiger partial charge in [0, 0.05) is 5.69 Å². The Bertz CT molecular complexity index is 676. The van der Waals surface area contributed by atoms with E-state index in [1.165, 1.54) is 0 Å². The number of halogens is 1. The van der Waals surface area contributed by atoms with Crippen LogP contribution in [0.15, 0.2) is 45.5 Å². The van der Waals surface area contributed by atoms with Crippen LogP contribution in [0.3, 0.4) is 0 Å². The molecule has 3 rings (SSSR count). The summed E-state index contributed by atoms with van der Waals surface area (Å²) in [5.74, 6) is 1.21. The van der Waals surface area contributed by atoms with Crippen molar-refractivity contribution in [1.29, 1.82) is 0 Å². The van der Waals surface area contributed by atoms with E-state index in [2.05, 4.69) is 10.1 Å². The fraction of sp³-hybridized carbons (Fsp3) is 0. The molecule has 1 aromatic carbocycles. The molecular weight excluding hydrogens is 254 g/mol. The van der Waals surface area contributed by atoms with E-state index in [-0.39, 0.29) is 0 Å². The van der Waals surface area contributed by atoms with Crippen LogP contribution in [0.25, 0.3) is 23.0 Å². The van der Waals surface area contributed by atoms with Crippen LogP contribution in [0.1, 0.15) is 0 Å². The number of rotatable bonds is 2. The molecule has 5 nitrogen and oxygen atoms in total. The van der Waals surface area contributed by atoms with E-state index in [1.54, 1.807) is 36.6 Å². The van der Waals surface area contributed by atoms with Crippen molar-refractivity contribution in [1.82, 2.24) is 10.1 Å². The van der Waals surface area contributed by atoms with Gasteiger partial charge in [-0.1, -0.05) is 16.8 Å². The van der Waals surface area contributed by atoms with Crippen LogP contribution in [-0.2, 0) is 0 Å². The molecule has 3 aromatic rings. The number of nitrogens with zero attached hydrogens (tertiary/aromatic N) is 2. The van der Waals surface area contributed by atoms with Crippen molar-refractivity contribution < 1.29 is 8.94 Å². The molecule has 6 heteroatoms. The van der Waals surface area contributed by atoms with Gasteiger partial charge in [0.1, 0.15) is 0 Å². The fourth-order valence-electron chi connectivity index (χ4n) is 1.55. The van der Waals surface area contributed by atoms with Gasteiger partial charge in [-0.3, -0.25) is 0 Å². The molecule has 0 bridgehead atoms. The normalized spacial score (nSPS) is 10.7. The number of anilines is 1. The number of nitrogen functional groups attached to an aromatic ring is 1. The molecule has 0 aliphatic heterocycles. The molecule has 0 atom stereocenters. The molecule has 0 amide bonds. The molecule has 0 radical (unpaired) electrons. The maximum absolute atomic E-state index is 6.06. The quantitative estimate of drug-likeness (QED) is 0.717. The Morgan fingerprint density at radius 1 is 1.22 bits per heavy atom. The SMILES string of the molecule is Nc1ccc(Cl)c(-c2nc(-c3ccco3)no2)c1. The minimum absolute atomic E-state index is 0.304. The maximum Gasteiger partial charge on any atom is 0.259 e. The lowest BCUT2D eigenvalue weighted by molar-refractivity contribution is 0.429. The van der Waals surface area contributed by atoms with E-state index in [1.807, 2.05) is 0 Å². The number of furan rings is 1. The van der Waals surface area contributed by atoms with E-state index in [0.29, 0.717) is 33.7 Å². The van der Waals surface area contributed by atoms with Gasteiger partial charge in [0.25, 0.3) is 5.89 Å². The van der Waals surface area contributed by atoms with Crippen molar-refractivity contribution in [2.75, 3.05) is 5.73 Å². The predicted octanol–water partition coefficient (Wildman–Crippen LogP) is 3.23. The molecule has 2 aromatic heterocycles. The summed E-state index contributed by atoms with van der Waals surface area (Å²) < 4.78 is 10.3. The Morgan fingerprint density at radius 3 is 2.89 bits per heavy atom. The van der Waals surface area contributed by atoms with Crippen LogP contribution in [-0.4, -0.2) is 10.1 Å². The van der Waals surface area contributed by atoms with Crippen molar-refractivity contribution >= 4 is 17.3 Å². The number of nitrogens with two attached hydrogens (primary N) is 1. The van der Waals surface area contributed by atoms with E-state index in [9.17, 15) is 0 Å². The highest BCUT2D eigenvalue weighted by molar-refractivity contribution is 6.33. The minimum Gasteiger partial charge on any atom is -0.461 e. The number of benzene rings is 1. The first-order valence-corrected chi connectivity index (χ1v) is 5.55. The number of aromatic nitrogens is 2. The van der Waals surface area contributed by atoms with Crippen LogP contribution in [0.5, 0.6) is 0 Å². The highest BCUT2D eigenvalue weighted by atomic mass is 35.5. The molecule has 18 heavy (non-hydrogen) atoms. The average molecular weight is 262 g/mol. The van der Waals surface area contributed by atoms with Crippen molar-refractivity contribution in [3.63, 3.8) is 0 Å². The predicted molar refractivity (Wildman–Crippen MR) is 66.9 cm³/mol. The van der Waals surface area contributed by atoms with Crippen LogP contribution in [0.2, 0.25) is 5.02 Å². The zero-order valence-corrected chi connectivity index (χ0v) is 9.89. The zero-order chi connectivity index (χ0) is 12.5. The first kappa shape index (κ1) is 10.9. The standard InChI is InChI=1S/C12H8ClN3O2/c13-9-4-3-7(14)6-8(9)12-15-11(16-18-12)10-2-1-5-17-10/h1-6H,14H2. The highest BCUT2D eigenvalue weighted by Gasteiger charge is 2.15. The van der Waals surface area contributed by atoms with Crippen LogP contribution in [0, 0.1) is 0 Å². The van der Waals surface area contributed by atoms with E-state index < -0.39 is 0 Å². The Kier molecular flexibility index (Phi) is 2.53. The average Bonchev–Trinajstić information content (AvgIpc) is 3.00. The van der Waals surface area contributed by atoms with Crippen LogP contribution in [0.4, 0.5) is 5.69 Å². The first-order chi connectivity index (χ1) is 8.74. The Hall–Kier alpha value is -2.27. The molecule has 0 saturated carbocycles. The lowest BCUT2D eigenvalue weighted by Crippen LogP contribution is -1.87. The second kappa shape index (κ2) is 4.19. The van der Waals surface area contributed by atoms with Gasteiger partial charge in [0.05, 0.1) is 16.8 Å². The summed E-state index contributed by atoms with van der Waals surface area (Å²) in [7, 11) is 0. The zero-order valence-electron chi connectivity index (χ0n) is 9.13. The monoisotopic (exact) mass is 261 g/mol. The van der Waals surface area contributed by atoms with Crippen LogP contribution >= 0.6 is 11.6 Å². The summed E-state index contributed by atoms with van der Waals surface area (Å²) in [6.45, 7) is 0. The molecule has 0 saturated heterocycles. The second-order valence-electron chi connectivity index (χ2n) is 3.64. The van der Waals surface area contributed by atoms with Gasteiger partial charge in [-0.25, -0.2) is 0 Å². The summed E-state index contributed by atoms with van der Waals surface area (Å²) in [4.78, 5) is 4.21. The van der Waals surface area contributed by atoms with Crippen molar-refractivity contribution in [3.05, 3.63) is 41.6 Å². The summed E-state index contributed by atoms with van der Waals surface area (Å²) in [5.41, 5.74) is 6.87. The topological polar surface area (TPSA) is 78.1 Å². The van der Waals surface area contributed by atoms with Gasteiger partial charge in [-0.05, 0) is 30.3 Å². The lowest BCUT2D eigenvalue weighted by atomic mass is 10.2. The third-order valence-corrected chi connectivity index (χ3v) is 2.72. The smallest absolute Gasteiger partial charge is 0.259 e. The van der Waals surface area contributed by atoms with E-state index in [0.717, 1.165) is 0 Å². The van der Waals surface area contributed by atoms with Gasteiger partial charge in [0.15, 0.2) is 5.76 Å². The highest BCUT2D eigenvalue weighted by Crippen LogP contribution is 2.30. The molecular formula is C12H8ClN3O2. The largest absolute Gasteiger partial charge is 0.461 e. The Morgan fingerprint density at radius 2 is 2.11 bits per heavy atom. The lowest BCUT2D eigenvalue weighted by Gasteiger charge is -1.99. The van der Waals surface area contributed by atoms with Gasteiger partial charge >= 0.3 is 0 Å². The molecule has 0 aliphatic rings. The summed E-state index contributed by atoms with van der Waals surface area (Å²) in [6.07, 6.45) is 1.54. The number of hydrogen-bond acceptors (Lipinski definition) is 5. The van der Waals surface area contributed by atoms with Crippen molar-refractivity contribution in [2.24, 2.45) is 0 Å². The fourth-order valence-corrected chi connectivity index (χ4v) is 1.74. The molecule has 0 aliphatic carbocycles. The minimum atomic E-state index is 0.304. The number of hydrogen-bond donors (Lipinski definition) is 1. The molecule has 0 unspecified atom stereocenters. The molecule has 0 spiro atoms. The summed E-state index contributed by atoms with van der Waals surface area (Å²) in [6, 6.07) is 8.56. The Labute approximate surface area is 107 Å². The van der Waals surface area contributed by atoms with Gasteiger partial charge in [0.2, 0.25) is 5.82 Å². The Balaban J connectivity index is 2.05. The maximum atomic E-state index is 6.06. The third kappa shape index (κ3) is 1.84.